The summed E-state index contributed by atoms with van der Waals surface area (Å²) in [5.41, 5.74) is 0.430. The first kappa shape index (κ1) is 16.9. The number of carbonyl (C=O) groups excluding carboxylic acids is 2. The molecule has 2 saturated heterocycles. The Morgan fingerprint density at radius 3 is 2.71 bits per heavy atom. The molecular weight excluding hydrogens is 309 g/mol. The summed E-state index contributed by atoms with van der Waals surface area (Å²) in [5.74, 6) is -0.401. The Labute approximate surface area is 141 Å². The van der Waals surface area contributed by atoms with Crippen LogP contribution in [0.5, 0.6) is 0 Å². The molecule has 130 valence electrons. The van der Waals surface area contributed by atoms with Gasteiger partial charge in [-0.25, -0.2) is 4.39 Å². The second kappa shape index (κ2) is 7.75. The van der Waals surface area contributed by atoms with E-state index in [-0.39, 0.29) is 17.6 Å². The monoisotopic (exact) mass is 333 g/mol. The highest BCUT2D eigenvalue weighted by Crippen LogP contribution is 2.28. The van der Waals surface area contributed by atoms with Crippen LogP contribution in [0.4, 0.5) is 4.39 Å². The van der Waals surface area contributed by atoms with Gasteiger partial charge in [-0.15, -0.1) is 0 Å². The first-order valence-corrected chi connectivity index (χ1v) is 8.71. The highest BCUT2D eigenvalue weighted by Gasteiger charge is 2.37. The van der Waals surface area contributed by atoms with Crippen LogP contribution >= 0.6 is 0 Å². The molecule has 2 amide bonds. The number of carbonyl (C=O) groups is 2. The van der Waals surface area contributed by atoms with Gasteiger partial charge in [0.15, 0.2) is 0 Å². The third kappa shape index (κ3) is 3.93. The van der Waals surface area contributed by atoms with E-state index in [2.05, 4.69) is 15.5 Å². The van der Waals surface area contributed by atoms with Crippen LogP contribution in [-0.4, -0.2) is 48.4 Å². The molecule has 2 atom stereocenters. The van der Waals surface area contributed by atoms with E-state index in [9.17, 15) is 14.0 Å². The maximum Gasteiger partial charge on any atom is 0.251 e. The molecule has 3 rings (SSSR count). The molecule has 2 aliphatic heterocycles. The van der Waals surface area contributed by atoms with Crippen LogP contribution in [0.3, 0.4) is 0 Å². The molecular formula is C18H24FN3O2. The van der Waals surface area contributed by atoms with Crippen molar-refractivity contribution >= 4 is 11.8 Å². The molecule has 5 nitrogen and oxygen atoms in total. The zero-order chi connectivity index (χ0) is 16.9. The van der Waals surface area contributed by atoms with Crippen LogP contribution in [0.25, 0.3) is 0 Å². The van der Waals surface area contributed by atoms with Crippen LogP contribution < -0.4 is 10.6 Å². The SMILES string of the molecule is O=C(NCCCC(=O)N1C2CCNCC1CC2)c1ccc(F)cc1. The largest absolute Gasteiger partial charge is 0.352 e. The average molecular weight is 333 g/mol. The molecule has 2 unspecified atom stereocenters. The summed E-state index contributed by atoms with van der Waals surface area (Å²) >= 11 is 0. The summed E-state index contributed by atoms with van der Waals surface area (Å²) in [6.07, 6.45) is 4.31. The molecule has 2 heterocycles. The van der Waals surface area contributed by atoms with E-state index >= 15 is 0 Å². The lowest BCUT2D eigenvalue weighted by molar-refractivity contribution is -0.133. The van der Waals surface area contributed by atoms with E-state index in [0.29, 0.717) is 37.0 Å². The summed E-state index contributed by atoms with van der Waals surface area (Å²) in [4.78, 5) is 26.5. The lowest BCUT2D eigenvalue weighted by Gasteiger charge is -2.28. The quantitative estimate of drug-likeness (QED) is 0.806. The Balaban J connectivity index is 1.42. The third-order valence-electron chi connectivity index (χ3n) is 4.90. The van der Waals surface area contributed by atoms with Gasteiger partial charge in [0.25, 0.3) is 5.91 Å². The predicted octanol–water partition coefficient (Wildman–Crippen LogP) is 1.69. The average Bonchev–Trinajstić information content (AvgIpc) is 2.84. The van der Waals surface area contributed by atoms with E-state index < -0.39 is 0 Å². The molecule has 2 fully saturated rings. The van der Waals surface area contributed by atoms with Gasteiger partial charge in [0, 0.05) is 37.2 Å². The molecule has 2 N–H and O–H groups in total. The zero-order valence-electron chi connectivity index (χ0n) is 13.8. The van der Waals surface area contributed by atoms with Crippen LogP contribution in [0.15, 0.2) is 24.3 Å². The Morgan fingerprint density at radius 2 is 1.92 bits per heavy atom. The Hall–Kier alpha value is -1.95. The summed E-state index contributed by atoms with van der Waals surface area (Å²) in [7, 11) is 0. The van der Waals surface area contributed by atoms with Crippen LogP contribution in [-0.2, 0) is 4.79 Å². The molecule has 0 aliphatic carbocycles. The molecule has 0 radical (unpaired) electrons. The van der Waals surface area contributed by atoms with Crippen molar-refractivity contribution in [1.29, 1.82) is 0 Å². The first-order valence-electron chi connectivity index (χ1n) is 8.71. The lowest BCUT2D eigenvalue weighted by Crippen LogP contribution is -2.42. The van der Waals surface area contributed by atoms with E-state index in [1.165, 1.54) is 24.3 Å². The summed E-state index contributed by atoms with van der Waals surface area (Å²) in [6, 6.07) is 6.16. The van der Waals surface area contributed by atoms with E-state index in [0.717, 1.165) is 32.4 Å². The third-order valence-corrected chi connectivity index (χ3v) is 4.90. The second-order valence-electron chi connectivity index (χ2n) is 6.55. The van der Waals surface area contributed by atoms with E-state index in [1.54, 1.807) is 0 Å². The number of hydrogen-bond donors (Lipinski definition) is 2. The fraction of sp³-hybridized carbons (Fsp3) is 0.556. The number of rotatable bonds is 5. The minimum Gasteiger partial charge on any atom is -0.352 e. The lowest BCUT2D eigenvalue weighted by atomic mass is 10.1. The van der Waals surface area contributed by atoms with Crippen LogP contribution in [0.1, 0.15) is 42.5 Å². The van der Waals surface area contributed by atoms with Gasteiger partial charge < -0.3 is 15.5 Å². The van der Waals surface area contributed by atoms with Crippen molar-refractivity contribution in [1.82, 2.24) is 15.5 Å². The number of benzene rings is 1. The first-order chi connectivity index (χ1) is 11.6. The highest BCUT2D eigenvalue weighted by molar-refractivity contribution is 5.94. The van der Waals surface area contributed by atoms with Crippen molar-refractivity contribution in [3.05, 3.63) is 35.6 Å². The van der Waals surface area contributed by atoms with Crippen molar-refractivity contribution < 1.29 is 14.0 Å². The van der Waals surface area contributed by atoms with Crippen molar-refractivity contribution in [3.8, 4) is 0 Å². The smallest absolute Gasteiger partial charge is 0.251 e. The minimum absolute atomic E-state index is 0.197. The van der Waals surface area contributed by atoms with Crippen molar-refractivity contribution in [2.24, 2.45) is 0 Å². The van der Waals surface area contributed by atoms with Gasteiger partial charge in [-0.2, -0.15) is 0 Å². The Kier molecular flexibility index (Phi) is 5.45. The molecule has 0 spiro atoms. The highest BCUT2D eigenvalue weighted by atomic mass is 19.1. The van der Waals surface area contributed by atoms with Crippen molar-refractivity contribution in [2.75, 3.05) is 19.6 Å². The summed E-state index contributed by atoms with van der Waals surface area (Å²) in [6.45, 7) is 2.32. The molecule has 0 saturated carbocycles. The molecule has 1 aromatic rings. The Bertz CT molecular complexity index is 576. The predicted molar refractivity (Wildman–Crippen MR) is 89.1 cm³/mol. The normalized spacial score (nSPS) is 23.0. The van der Waals surface area contributed by atoms with Gasteiger partial charge >= 0.3 is 0 Å². The summed E-state index contributed by atoms with van der Waals surface area (Å²) < 4.78 is 12.8. The van der Waals surface area contributed by atoms with Crippen LogP contribution in [0.2, 0.25) is 0 Å². The molecule has 0 aromatic heterocycles. The number of fused-ring (bicyclic) bond motifs is 2. The number of nitrogens with zero attached hydrogens (tertiary/aromatic N) is 1. The maximum absolute atomic E-state index is 12.8. The van der Waals surface area contributed by atoms with Gasteiger partial charge in [-0.1, -0.05) is 0 Å². The van der Waals surface area contributed by atoms with Crippen LogP contribution in [0, 0.1) is 5.82 Å². The van der Waals surface area contributed by atoms with Gasteiger partial charge in [0.05, 0.1) is 0 Å². The molecule has 2 bridgehead atoms. The van der Waals surface area contributed by atoms with Gasteiger partial charge in [-0.3, -0.25) is 9.59 Å². The van der Waals surface area contributed by atoms with E-state index in [1.807, 2.05) is 0 Å². The van der Waals surface area contributed by atoms with Crippen molar-refractivity contribution in [2.45, 2.75) is 44.2 Å². The van der Waals surface area contributed by atoms with Crippen molar-refractivity contribution in [3.63, 3.8) is 0 Å². The fourth-order valence-electron chi connectivity index (χ4n) is 3.66. The number of amides is 2. The topological polar surface area (TPSA) is 61.4 Å². The Morgan fingerprint density at radius 1 is 1.17 bits per heavy atom. The maximum atomic E-state index is 12.8. The van der Waals surface area contributed by atoms with E-state index in [4.69, 9.17) is 0 Å². The fourth-order valence-corrected chi connectivity index (χ4v) is 3.66. The van der Waals surface area contributed by atoms with Gasteiger partial charge in [0.1, 0.15) is 5.82 Å². The standard InChI is InChI=1S/C18H24FN3O2/c19-14-5-3-13(4-6-14)18(24)21-10-1-2-17(23)22-15-7-8-16(22)12-20-11-9-15/h3-6,15-16,20H,1-2,7-12H2,(H,21,24). The minimum atomic E-state index is -0.362. The molecule has 24 heavy (non-hydrogen) atoms. The molecule has 6 heteroatoms. The number of nitrogens with one attached hydrogen (secondary N) is 2. The number of hydrogen-bond acceptors (Lipinski definition) is 3. The summed E-state index contributed by atoms with van der Waals surface area (Å²) in [5, 5.41) is 6.17. The molecule has 2 aliphatic rings. The van der Waals surface area contributed by atoms with Gasteiger partial charge in [-0.05, 0) is 56.5 Å². The van der Waals surface area contributed by atoms with Gasteiger partial charge in [0.2, 0.25) is 5.91 Å². The number of halogens is 1. The zero-order valence-corrected chi connectivity index (χ0v) is 13.8. The second-order valence-corrected chi connectivity index (χ2v) is 6.55. The molecule has 1 aromatic carbocycles.